The molecule has 0 aliphatic rings. The van der Waals surface area contributed by atoms with E-state index in [-0.39, 0.29) is 0 Å². The van der Waals surface area contributed by atoms with Crippen molar-refractivity contribution in [1.29, 1.82) is 0 Å². The van der Waals surface area contributed by atoms with Crippen molar-refractivity contribution < 1.29 is 0 Å². The van der Waals surface area contributed by atoms with E-state index in [1.807, 2.05) is 29.1 Å². The Hall–Kier alpha value is -2.23. The van der Waals surface area contributed by atoms with Gasteiger partial charge in [-0.3, -0.25) is 0 Å². The maximum absolute atomic E-state index is 4.43. The summed E-state index contributed by atoms with van der Waals surface area (Å²) in [5, 5.41) is 8.21. The minimum absolute atomic E-state index is 0.842. The Balaban J connectivity index is 2.28. The van der Waals surface area contributed by atoms with Gasteiger partial charge in [-0.1, -0.05) is 30.3 Å². The van der Waals surface area contributed by atoms with Crippen LogP contribution in [0.25, 0.3) is 22.3 Å². The summed E-state index contributed by atoms with van der Waals surface area (Å²) in [6, 6.07) is 10.1. The van der Waals surface area contributed by atoms with Gasteiger partial charge >= 0.3 is 0 Å². The van der Waals surface area contributed by atoms with Gasteiger partial charge in [-0.05, 0) is 12.5 Å². The minimum atomic E-state index is 0.842. The number of aryl methyl sites for hydroxylation is 1. The van der Waals surface area contributed by atoms with Crippen molar-refractivity contribution in [2.45, 2.75) is 13.5 Å². The highest BCUT2D eigenvalue weighted by atomic mass is 15.2. The summed E-state index contributed by atoms with van der Waals surface area (Å²) in [6.45, 7) is 2.92. The van der Waals surface area contributed by atoms with Gasteiger partial charge in [0.15, 0.2) is 5.65 Å². The van der Waals surface area contributed by atoms with Crippen molar-refractivity contribution >= 4 is 11.2 Å². The van der Waals surface area contributed by atoms with E-state index in [0.29, 0.717) is 0 Å². The average Bonchev–Trinajstić information content (AvgIpc) is 2.82. The first-order valence-corrected chi connectivity index (χ1v) is 5.62. The Morgan fingerprint density at radius 3 is 2.76 bits per heavy atom. The van der Waals surface area contributed by atoms with Crippen LogP contribution in [0.15, 0.2) is 42.9 Å². The van der Waals surface area contributed by atoms with Crippen molar-refractivity contribution in [2.75, 3.05) is 0 Å². The molecule has 4 nitrogen and oxygen atoms in total. The molecule has 0 bridgehead atoms. The van der Waals surface area contributed by atoms with Crippen molar-refractivity contribution in [2.24, 2.45) is 0 Å². The monoisotopic (exact) mass is 224 g/mol. The lowest BCUT2D eigenvalue weighted by Gasteiger charge is -2.02. The van der Waals surface area contributed by atoms with Gasteiger partial charge in [0, 0.05) is 12.1 Å². The van der Waals surface area contributed by atoms with Crippen LogP contribution >= 0.6 is 0 Å². The SMILES string of the molecule is CCn1cnc2c(-c3ccccc3)cnnc21. The maximum atomic E-state index is 4.43. The summed E-state index contributed by atoms with van der Waals surface area (Å²) in [5.41, 5.74) is 3.90. The number of nitrogens with zero attached hydrogens (tertiary/aromatic N) is 4. The quantitative estimate of drug-likeness (QED) is 0.671. The third-order valence-electron chi connectivity index (χ3n) is 2.83. The molecule has 0 N–H and O–H groups in total. The van der Waals surface area contributed by atoms with Crippen LogP contribution in [-0.2, 0) is 6.54 Å². The van der Waals surface area contributed by atoms with Crippen molar-refractivity contribution in [3.05, 3.63) is 42.9 Å². The summed E-state index contributed by atoms with van der Waals surface area (Å²) in [5.74, 6) is 0. The third kappa shape index (κ3) is 1.58. The van der Waals surface area contributed by atoms with E-state index in [0.717, 1.165) is 28.8 Å². The molecule has 0 fully saturated rings. The summed E-state index contributed by atoms with van der Waals surface area (Å²) < 4.78 is 1.99. The van der Waals surface area contributed by atoms with Crippen LogP contribution in [-0.4, -0.2) is 19.7 Å². The fourth-order valence-corrected chi connectivity index (χ4v) is 1.93. The number of benzene rings is 1. The van der Waals surface area contributed by atoms with Crippen LogP contribution in [0.5, 0.6) is 0 Å². The molecule has 84 valence electrons. The highest BCUT2D eigenvalue weighted by Crippen LogP contribution is 2.24. The summed E-state index contributed by atoms with van der Waals surface area (Å²) >= 11 is 0. The van der Waals surface area contributed by atoms with E-state index >= 15 is 0 Å². The summed E-state index contributed by atoms with van der Waals surface area (Å²) in [7, 11) is 0. The number of hydrogen-bond acceptors (Lipinski definition) is 3. The smallest absolute Gasteiger partial charge is 0.183 e. The number of hydrogen-bond donors (Lipinski definition) is 0. The molecule has 0 saturated heterocycles. The molecule has 0 aliphatic heterocycles. The minimum Gasteiger partial charge on any atom is -0.314 e. The summed E-state index contributed by atoms with van der Waals surface area (Å²) in [4.78, 5) is 4.43. The second kappa shape index (κ2) is 3.97. The molecule has 0 aliphatic carbocycles. The van der Waals surface area contributed by atoms with Gasteiger partial charge in [0.05, 0.1) is 12.5 Å². The first-order chi connectivity index (χ1) is 8.40. The molecule has 2 heterocycles. The first-order valence-electron chi connectivity index (χ1n) is 5.62. The zero-order valence-corrected chi connectivity index (χ0v) is 9.54. The van der Waals surface area contributed by atoms with Gasteiger partial charge in [0.2, 0.25) is 0 Å². The Bertz CT molecular complexity index is 643. The molecule has 0 amide bonds. The van der Waals surface area contributed by atoms with Crippen molar-refractivity contribution in [3.63, 3.8) is 0 Å². The van der Waals surface area contributed by atoms with E-state index in [9.17, 15) is 0 Å². The molecule has 0 saturated carbocycles. The van der Waals surface area contributed by atoms with E-state index < -0.39 is 0 Å². The lowest BCUT2D eigenvalue weighted by molar-refractivity contribution is 0.771. The second-order valence-electron chi connectivity index (χ2n) is 3.83. The van der Waals surface area contributed by atoms with Crippen LogP contribution in [0.1, 0.15) is 6.92 Å². The molecule has 3 aromatic rings. The standard InChI is InChI=1S/C13H12N4/c1-2-17-9-14-12-11(8-15-16-13(12)17)10-6-4-3-5-7-10/h3-9H,2H2,1H3. The largest absolute Gasteiger partial charge is 0.314 e. The molecule has 2 aromatic heterocycles. The molecule has 1 aromatic carbocycles. The molecular formula is C13H12N4. The van der Waals surface area contributed by atoms with Crippen LogP contribution in [0.4, 0.5) is 0 Å². The van der Waals surface area contributed by atoms with Crippen molar-refractivity contribution in [3.8, 4) is 11.1 Å². The Morgan fingerprint density at radius 2 is 2.00 bits per heavy atom. The Labute approximate surface area is 98.9 Å². The Kier molecular flexibility index (Phi) is 2.33. The normalized spacial score (nSPS) is 10.9. The lowest BCUT2D eigenvalue weighted by atomic mass is 10.1. The van der Waals surface area contributed by atoms with Crippen LogP contribution in [0.3, 0.4) is 0 Å². The molecular weight excluding hydrogens is 212 g/mol. The molecule has 3 rings (SSSR count). The molecule has 17 heavy (non-hydrogen) atoms. The van der Waals surface area contributed by atoms with E-state index in [4.69, 9.17) is 0 Å². The average molecular weight is 224 g/mol. The topological polar surface area (TPSA) is 43.6 Å². The molecule has 0 spiro atoms. The first kappa shape index (κ1) is 9.96. The van der Waals surface area contributed by atoms with E-state index in [2.05, 4.69) is 34.2 Å². The van der Waals surface area contributed by atoms with Crippen molar-refractivity contribution in [1.82, 2.24) is 19.7 Å². The van der Waals surface area contributed by atoms with Gasteiger partial charge in [-0.2, -0.15) is 5.10 Å². The number of imidazole rings is 1. The van der Waals surface area contributed by atoms with Gasteiger partial charge in [-0.15, -0.1) is 5.10 Å². The van der Waals surface area contributed by atoms with Crippen LogP contribution in [0.2, 0.25) is 0 Å². The van der Waals surface area contributed by atoms with Gasteiger partial charge < -0.3 is 4.57 Å². The highest BCUT2D eigenvalue weighted by molar-refractivity contribution is 5.88. The fraction of sp³-hybridized carbons (Fsp3) is 0.154. The van der Waals surface area contributed by atoms with E-state index in [1.54, 1.807) is 6.20 Å². The zero-order chi connectivity index (χ0) is 11.7. The molecule has 0 radical (unpaired) electrons. The zero-order valence-electron chi connectivity index (χ0n) is 9.54. The Morgan fingerprint density at radius 1 is 1.18 bits per heavy atom. The predicted octanol–water partition coefficient (Wildman–Crippen LogP) is 2.51. The van der Waals surface area contributed by atoms with Gasteiger partial charge in [-0.25, -0.2) is 4.98 Å². The van der Waals surface area contributed by atoms with Crippen LogP contribution in [0, 0.1) is 0 Å². The third-order valence-corrected chi connectivity index (χ3v) is 2.83. The lowest BCUT2D eigenvalue weighted by Crippen LogP contribution is -1.95. The number of fused-ring (bicyclic) bond motifs is 1. The molecule has 4 heteroatoms. The predicted molar refractivity (Wildman–Crippen MR) is 66.4 cm³/mol. The number of aromatic nitrogens is 4. The highest BCUT2D eigenvalue weighted by Gasteiger charge is 2.09. The van der Waals surface area contributed by atoms with Gasteiger partial charge in [0.25, 0.3) is 0 Å². The van der Waals surface area contributed by atoms with E-state index in [1.165, 1.54) is 0 Å². The van der Waals surface area contributed by atoms with Crippen LogP contribution < -0.4 is 0 Å². The fourth-order valence-electron chi connectivity index (χ4n) is 1.93. The molecule has 0 unspecified atom stereocenters. The summed E-state index contributed by atoms with van der Waals surface area (Å²) in [6.07, 6.45) is 3.58. The maximum Gasteiger partial charge on any atom is 0.183 e. The number of rotatable bonds is 2. The molecule has 0 atom stereocenters. The second-order valence-corrected chi connectivity index (χ2v) is 3.83. The van der Waals surface area contributed by atoms with Gasteiger partial charge in [0.1, 0.15) is 5.52 Å².